The molecule has 1 aromatic carbocycles. The summed E-state index contributed by atoms with van der Waals surface area (Å²) in [7, 11) is 1.60. The highest BCUT2D eigenvalue weighted by Crippen LogP contribution is 2.25. The molecule has 0 amide bonds. The van der Waals surface area contributed by atoms with Crippen LogP contribution in [0, 0.1) is 0 Å². The number of aromatic nitrogens is 2. The number of rotatable bonds is 4. The van der Waals surface area contributed by atoms with Gasteiger partial charge in [0, 0.05) is 6.54 Å². The Morgan fingerprint density at radius 1 is 1.50 bits per heavy atom. The van der Waals surface area contributed by atoms with Crippen LogP contribution in [0.3, 0.4) is 0 Å². The van der Waals surface area contributed by atoms with Gasteiger partial charge in [-0.2, -0.15) is 0 Å². The summed E-state index contributed by atoms with van der Waals surface area (Å²) in [6.45, 7) is 0.666. The maximum atomic E-state index is 6.01. The minimum atomic E-state index is 0.610. The molecule has 0 aliphatic heterocycles. The second kappa shape index (κ2) is 5.14. The van der Waals surface area contributed by atoms with Gasteiger partial charge in [-0.25, -0.2) is 0 Å². The van der Waals surface area contributed by atoms with Crippen molar-refractivity contribution < 1.29 is 4.74 Å². The first-order valence-electron chi connectivity index (χ1n) is 4.62. The lowest BCUT2D eigenvalue weighted by Gasteiger charge is -2.06. The van der Waals surface area contributed by atoms with Crippen LogP contribution < -0.4 is 10.1 Å². The summed E-state index contributed by atoms with van der Waals surface area (Å²) in [6, 6.07) is 5.67. The number of hydrogen-bond acceptors (Lipinski definition) is 5. The number of anilines is 1. The SMILES string of the molecule is COc1ccc(CNc2nncs2)cc1Cl. The largest absolute Gasteiger partial charge is 0.495 e. The smallest absolute Gasteiger partial charge is 0.205 e. The number of hydrogen-bond donors (Lipinski definition) is 1. The van der Waals surface area contributed by atoms with Crippen LogP contribution >= 0.6 is 22.9 Å². The third kappa shape index (κ3) is 2.62. The van der Waals surface area contributed by atoms with Crippen LogP contribution in [0.5, 0.6) is 5.75 Å². The fourth-order valence-electron chi connectivity index (χ4n) is 1.25. The summed E-state index contributed by atoms with van der Waals surface area (Å²) in [5.41, 5.74) is 2.75. The molecule has 0 saturated heterocycles. The van der Waals surface area contributed by atoms with Gasteiger partial charge in [0.05, 0.1) is 12.1 Å². The molecule has 0 saturated carbocycles. The Kier molecular flexibility index (Phi) is 3.58. The highest BCUT2D eigenvalue weighted by atomic mass is 35.5. The molecular formula is C10H10ClN3OS. The topological polar surface area (TPSA) is 47.0 Å². The van der Waals surface area contributed by atoms with E-state index in [4.69, 9.17) is 16.3 Å². The molecule has 0 aliphatic carbocycles. The molecule has 2 rings (SSSR count). The minimum absolute atomic E-state index is 0.610. The van der Waals surface area contributed by atoms with E-state index < -0.39 is 0 Å². The first-order valence-corrected chi connectivity index (χ1v) is 5.88. The summed E-state index contributed by atoms with van der Waals surface area (Å²) in [6.07, 6.45) is 0. The third-order valence-electron chi connectivity index (χ3n) is 2.02. The van der Waals surface area contributed by atoms with E-state index in [0.717, 1.165) is 10.7 Å². The Morgan fingerprint density at radius 3 is 3.00 bits per heavy atom. The molecule has 16 heavy (non-hydrogen) atoms. The van der Waals surface area contributed by atoms with Crippen LogP contribution in [-0.4, -0.2) is 17.3 Å². The maximum absolute atomic E-state index is 6.01. The number of ether oxygens (including phenoxy) is 1. The zero-order valence-electron chi connectivity index (χ0n) is 8.61. The van der Waals surface area contributed by atoms with Crippen molar-refractivity contribution in [2.45, 2.75) is 6.54 Å². The molecule has 2 aromatic rings. The zero-order valence-corrected chi connectivity index (χ0v) is 10.2. The van der Waals surface area contributed by atoms with E-state index >= 15 is 0 Å². The molecule has 0 radical (unpaired) electrons. The van der Waals surface area contributed by atoms with Gasteiger partial charge in [-0.15, -0.1) is 10.2 Å². The van der Waals surface area contributed by atoms with Crippen molar-refractivity contribution >= 4 is 28.1 Å². The number of halogens is 1. The van der Waals surface area contributed by atoms with E-state index in [9.17, 15) is 0 Å². The Labute approximate surface area is 102 Å². The second-order valence-electron chi connectivity index (χ2n) is 3.07. The van der Waals surface area contributed by atoms with Crippen molar-refractivity contribution in [2.75, 3.05) is 12.4 Å². The fraction of sp³-hybridized carbons (Fsp3) is 0.200. The molecule has 1 heterocycles. The van der Waals surface area contributed by atoms with Crippen molar-refractivity contribution in [1.29, 1.82) is 0 Å². The molecule has 0 spiro atoms. The Morgan fingerprint density at radius 2 is 2.38 bits per heavy atom. The maximum Gasteiger partial charge on any atom is 0.205 e. The van der Waals surface area contributed by atoms with Crippen LogP contribution in [0.1, 0.15) is 5.56 Å². The van der Waals surface area contributed by atoms with Crippen molar-refractivity contribution in [1.82, 2.24) is 10.2 Å². The summed E-state index contributed by atoms with van der Waals surface area (Å²) in [5, 5.41) is 12.2. The number of nitrogens with zero attached hydrogens (tertiary/aromatic N) is 2. The summed E-state index contributed by atoms with van der Waals surface area (Å²) in [4.78, 5) is 0. The van der Waals surface area contributed by atoms with E-state index in [1.165, 1.54) is 11.3 Å². The Hall–Kier alpha value is -1.33. The van der Waals surface area contributed by atoms with Crippen molar-refractivity contribution in [3.05, 3.63) is 34.3 Å². The second-order valence-corrected chi connectivity index (χ2v) is 4.31. The van der Waals surface area contributed by atoms with Gasteiger partial charge < -0.3 is 10.1 Å². The lowest BCUT2D eigenvalue weighted by atomic mass is 10.2. The first kappa shape index (κ1) is 11.2. The molecule has 0 fully saturated rings. The molecule has 84 valence electrons. The predicted molar refractivity (Wildman–Crippen MR) is 65.2 cm³/mol. The standard InChI is InChI=1S/C10H10ClN3OS/c1-15-9-3-2-7(4-8(9)11)5-12-10-14-13-6-16-10/h2-4,6H,5H2,1H3,(H,12,14). The molecule has 0 bridgehead atoms. The van der Waals surface area contributed by atoms with E-state index in [1.807, 2.05) is 18.2 Å². The van der Waals surface area contributed by atoms with Gasteiger partial charge in [-0.3, -0.25) is 0 Å². The average Bonchev–Trinajstić information content (AvgIpc) is 2.79. The molecule has 6 heteroatoms. The average molecular weight is 256 g/mol. The Bertz CT molecular complexity index is 461. The monoisotopic (exact) mass is 255 g/mol. The van der Waals surface area contributed by atoms with E-state index in [1.54, 1.807) is 12.6 Å². The minimum Gasteiger partial charge on any atom is -0.495 e. The Balaban J connectivity index is 2.02. The fourth-order valence-corrected chi connectivity index (χ4v) is 1.97. The molecule has 0 aliphatic rings. The molecule has 0 atom stereocenters. The van der Waals surface area contributed by atoms with Crippen molar-refractivity contribution in [3.8, 4) is 5.75 Å². The lowest BCUT2D eigenvalue weighted by Crippen LogP contribution is -1.99. The molecular weight excluding hydrogens is 246 g/mol. The van der Waals surface area contributed by atoms with Gasteiger partial charge in [-0.1, -0.05) is 29.0 Å². The first-order chi connectivity index (χ1) is 7.79. The van der Waals surface area contributed by atoms with Gasteiger partial charge in [0.2, 0.25) is 5.13 Å². The summed E-state index contributed by atoms with van der Waals surface area (Å²) >= 11 is 7.48. The van der Waals surface area contributed by atoms with Crippen LogP contribution in [0.4, 0.5) is 5.13 Å². The highest BCUT2D eigenvalue weighted by Gasteiger charge is 2.02. The van der Waals surface area contributed by atoms with Crippen LogP contribution in [0.15, 0.2) is 23.7 Å². The summed E-state index contributed by atoms with van der Waals surface area (Å²) < 4.78 is 5.08. The highest BCUT2D eigenvalue weighted by molar-refractivity contribution is 7.13. The molecule has 1 aromatic heterocycles. The van der Waals surface area contributed by atoms with Crippen LogP contribution in [-0.2, 0) is 6.54 Å². The lowest BCUT2D eigenvalue weighted by molar-refractivity contribution is 0.415. The van der Waals surface area contributed by atoms with Crippen molar-refractivity contribution in [2.24, 2.45) is 0 Å². The van der Waals surface area contributed by atoms with Gasteiger partial charge in [0.15, 0.2) is 0 Å². The molecule has 0 unspecified atom stereocenters. The van der Waals surface area contributed by atoms with Gasteiger partial charge in [-0.05, 0) is 17.7 Å². The summed E-state index contributed by atoms with van der Waals surface area (Å²) in [5.74, 6) is 0.682. The van der Waals surface area contributed by atoms with Crippen LogP contribution in [0.25, 0.3) is 0 Å². The van der Waals surface area contributed by atoms with E-state index in [0.29, 0.717) is 17.3 Å². The van der Waals surface area contributed by atoms with Crippen LogP contribution in [0.2, 0.25) is 5.02 Å². The normalized spacial score (nSPS) is 10.1. The predicted octanol–water partition coefficient (Wildman–Crippen LogP) is 2.81. The number of methoxy groups -OCH3 is 1. The zero-order chi connectivity index (χ0) is 11.4. The van der Waals surface area contributed by atoms with Crippen molar-refractivity contribution in [3.63, 3.8) is 0 Å². The van der Waals surface area contributed by atoms with Gasteiger partial charge in [0.1, 0.15) is 11.3 Å². The molecule has 4 nitrogen and oxygen atoms in total. The third-order valence-corrected chi connectivity index (χ3v) is 2.96. The van der Waals surface area contributed by atoms with Gasteiger partial charge in [0.25, 0.3) is 0 Å². The van der Waals surface area contributed by atoms with Gasteiger partial charge >= 0.3 is 0 Å². The quantitative estimate of drug-likeness (QED) is 0.913. The molecule has 1 N–H and O–H groups in total. The number of nitrogens with one attached hydrogen (secondary N) is 1. The number of benzene rings is 1. The van der Waals surface area contributed by atoms with E-state index in [2.05, 4.69) is 15.5 Å². The van der Waals surface area contributed by atoms with E-state index in [-0.39, 0.29) is 0 Å².